The van der Waals surface area contributed by atoms with Gasteiger partial charge in [0.25, 0.3) is 0 Å². The van der Waals surface area contributed by atoms with E-state index in [-0.39, 0.29) is 17.8 Å². The number of amides is 1. The van der Waals surface area contributed by atoms with E-state index >= 15 is 0 Å². The Kier molecular flexibility index (Phi) is 5.04. The molecule has 0 aromatic carbocycles. The van der Waals surface area contributed by atoms with Crippen LogP contribution in [0.25, 0.3) is 0 Å². The number of hydrogen-bond acceptors (Lipinski definition) is 6. The number of nitrogens with zero attached hydrogens (tertiary/aromatic N) is 3. The van der Waals surface area contributed by atoms with Gasteiger partial charge in [-0.05, 0) is 25.7 Å². The molecule has 122 valence electrons. The molecule has 2 aliphatic rings. The molecule has 1 amide bonds. The summed E-state index contributed by atoms with van der Waals surface area (Å²) < 4.78 is 10.4. The molecule has 7 nitrogen and oxygen atoms in total. The van der Waals surface area contributed by atoms with E-state index in [1.807, 2.05) is 6.92 Å². The number of carbonyl (C=O) groups excluding carboxylic acids is 1. The Morgan fingerprint density at radius 2 is 2.00 bits per heavy atom. The fraction of sp³-hybridized carbons (Fsp3) is 0.800. The first-order chi connectivity index (χ1) is 10.8. The Balaban J connectivity index is 1.46. The Morgan fingerprint density at radius 3 is 2.64 bits per heavy atom. The molecule has 1 aromatic heterocycles. The lowest BCUT2D eigenvalue weighted by Crippen LogP contribution is -2.49. The van der Waals surface area contributed by atoms with Gasteiger partial charge < -0.3 is 19.5 Å². The molecule has 3 heterocycles. The van der Waals surface area contributed by atoms with E-state index in [9.17, 15) is 4.79 Å². The Hall–Kier alpha value is -1.47. The molecule has 0 bridgehead atoms. The van der Waals surface area contributed by atoms with Crippen LogP contribution < -0.4 is 5.32 Å². The lowest BCUT2D eigenvalue weighted by atomic mass is 9.99. The first-order valence-electron chi connectivity index (χ1n) is 8.21. The number of piperidine rings is 1. The van der Waals surface area contributed by atoms with Gasteiger partial charge in [-0.15, -0.1) is 0 Å². The Labute approximate surface area is 130 Å². The van der Waals surface area contributed by atoms with Crippen LogP contribution >= 0.6 is 0 Å². The highest BCUT2D eigenvalue weighted by Gasteiger charge is 2.28. The second-order valence-electron chi connectivity index (χ2n) is 6.00. The van der Waals surface area contributed by atoms with Crippen LogP contribution in [0.5, 0.6) is 0 Å². The fourth-order valence-corrected chi connectivity index (χ4v) is 3.20. The van der Waals surface area contributed by atoms with Crippen LogP contribution in [0.4, 0.5) is 0 Å². The van der Waals surface area contributed by atoms with Crippen molar-refractivity contribution < 1.29 is 14.1 Å². The van der Waals surface area contributed by atoms with Gasteiger partial charge in [-0.25, -0.2) is 0 Å². The molecule has 0 spiro atoms. The van der Waals surface area contributed by atoms with Gasteiger partial charge in [0.05, 0.1) is 0 Å². The summed E-state index contributed by atoms with van der Waals surface area (Å²) in [5.41, 5.74) is 0. The molecule has 0 atom stereocenters. The molecule has 0 saturated carbocycles. The molecule has 0 aliphatic carbocycles. The van der Waals surface area contributed by atoms with Crippen molar-refractivity contribution in [3.8, 4) is 0 Å². The van der Waals surface area contributed by atoms with E-state index < -0.39 is 0 Å². The molecule has 1 aromatic rings. The predicted octanol–water partition coefficient (Wildman–Crippen LogP) is 1.01. The first-order valence-corrected chi connectivity index (χ1v) is 8.21. The minimum Gasteiger partial charge on any atom is -0.381 e. The van der Waals surface area contributed by atoms with E-state index in [1.54, 1.807) is 0 Å². The summed E-state index contributed by atoms with van der Waals surface area (Å²) >= 11 is 0. The number of hydrogen-bond donors (Lipinski definition) is 1. The second kappa shape index (κ2) is 7.19. The zero-order valence-corrected chi connectivity index (χ0v) is 13.1. The lowest BCUT2D eigenvalue weighted by Gasteiger charge is -2.39. The van der Waals surface area contributed by atoms with E-state index in [1.165, 1.54) is 0 Å². The number of likely N-dealkylation sites (tertiary alicyclic amines) is 1. The molecule has 2 fully saturated rings. The van der Waals surface area contributed by atoms with E-state index in [2.05, 4.69) is 20.4 Å². The second-order valence-corrected chi connectivity index (χ2v) is 6.00. The summed E-state index contributed by atoms with van der Waals surface area (Å²) in [7, 11) is 0. The number of nitrogens with one attached hydrogen (secondary N) is 1. The molecule has 3 rings (SSSR count). The van der Waals surface area contributed by atoms with E-state index in [0.717, 1.165) is 52.0 Å². The van der Waals surface area contributed by atoms with Crippen molar-refractivity contribution in [1.29, 1.82) is 0 Å². The van der Waals surface area contributed by atoms with Crippen LogP contribution in [0.2, 0.25) is 0 Å². The van der Waals surface area contributed by atoms with Crippen LogP contribution in [0.3, 0.4) is 0 Å². The molecular formula is C15H24N4O3. The largest absolute Gasteiger partial charge is 0.381 e. The van der Waals surface area contributed by atoms with Crippen molar-refractivity contribution in [1.82, 2.24) is 20.4 Å². The van der Waals surface area contributed by atoms with Crippen LogP contribution in [-0.2, 0) is 11.2 Å². The molecule has 22 heavy (non-hydrogen) atoms. The van der Waals surface area contributed by atoms with Crippen molar-refractivity contribution >= 4 is 5.91 Å². The molecule has 2 aliphatic heterocycles. The molecule has 7 heteroatoms. The third kappa shape index (κ3) is 3.64. The van der Waals surface area contributed by atoms with Crippen molar-refractivity contribution in [2.45, 2.75) is 51.1 Å². The van der Waals surface area contributed by atoms with Gasteiger partial charge in [-0.3, -0.25) is 4.79 Å². The smallest absolute Gasteiger partial charge is 0.315 e. The summed E-state index contributed by atoms with van der Waals surface area (Å²) in [5.74, 6) is 0.389. The maximum atomic E-state index is 12.1. The van der Waals surface area contributed by atoms with Crippen LogP contribution in [-0.4, -0.2) is 59.3 Å². The van der Waals surface area contributed by atoms with Crippen molar-refractivity contribution in [3.05, 3.63) is 11.7 Å². The average molecular weight is 308 g/mol. The van der Waals surface area contributed by atoms with Crippen molar-refractivity contribution in [2.24, 2.45) is 0 Å². The number of carbonyl (C=O) groups is 1. The highest BCUT2D eigenvalue weighted by Crippen LogP contribution is 2.20. The number of aryl methyl sites for hydroxylation is 1. The number of aromatic nitrogens is 2. The fourth-order valence-electron chi connectivity index (χ4n) is 3.20. The normalized spacial score (nSPS) is 21.9. The third-order valence-electron chi connectivity index (χ3n) is 4.55. The predicted molar refractivity (Wildman–Crippen MR) is 79.6 cm³/mol. The Morgan fingerprint density at radius 1 is 1.27 bits per heavy atom. The highest BCUT2D eigenvalue weighted by molar-refractivity contribution is 5.89. The van der Waals surface area contributed by atoms with Crippen molar-refractivity contribution in [2.75, 3.05) is 26.3 Å². The Bertz CT molecular complexity index is 491. The third-order valence-corrected chi connectivity index (χ3v) is 4.55. The quantitative estimate of drug-likeness (QED) is 0.894. The number of ether oxygens (including phenoxy) is 1. The molecular weight excluding hydrogens is 284 g/mol. The molecule has 1 N–H and O–H groups in total. The molecule has 0 radical (unpaired) electrons. The highest BCUT2D eigenvalue weighted by atomic mass is 16.5. The molecule has 2 saturated heterocycles. The lowest BCUT2D eigenvalue weighted by molar-refractivity contribution is 0.0237. The zero-order chi connectivity index (χ0) is 15.4. The van der Waals surface area contributed by atoms with E-state index in [4.69, 9.17) is 9.26 Å². The van der Waals surface area contributed by atoms with Crippen molar-refractivity contribution in [3.63, 3.8) is 0 Å². The summed E-state index contributed by atoms with van der Waals surface area (Å²) in [6.45, 7) is 5.73. The minimum atomic E-state index is -0.253. The van der Waals surface area contributed by atoms with Crippen LogP contribution in [0, 0.1) is 0 Å². The van der Waals surface area contributed by atoms with Gasteiger partial charge in [-0.1, -0.05) is 12.1 Å². The summed E-state index contributed by atoms with van der Waals surface area (Å²) in [4.78, 5) is 18.7. The topological polar surface area (TPSA) is 80.5 Å². The summed E-state index contributed by atoms with van der Waals surface area (Å²) in [6, 6.07) is 0.842. The standard InChI is InChI=1S/C15H24N4O3/c1-2-13-17-15(22-18-13)14(20)16-11-3-7-19(8-4-11)12-5-9-21-10-6-12/h11-12H,2-10H2,1H3,(H,16,20). The van der Waals surface area contributed by atoms with Gasteiger partial charge in [0.15, 0.2) is 5.82 Å². The van der Waals surface area contributed by atoms with E-state index in [0.29, 0.717) is 18.3 Å². The van der Waals surface area contributed by atoms with Gasteiger partial charge in [0.2, 0.25) is 0 Å². The summed E-state index contributed by atoms with van der Waals surface area (Å²) in [6.07, 6.45) is 4.85. The minimum absolute atomic E-state index is 0.0729. The maximum Gasteiger partial charge on any atom is 0.315 e. The van der Waals surface area contributed by atoms with Gasteiger partial charge in [-0.2, -0.15) is 4.98 Å². The van der Waals surface area contributed by atoms with Gasteiger partial charge in [0.1, 0.15) is 0 Å². The molecule has 0 unspecified atom stereocenters. The van der Waals surface area contributed by atoms with Crippen LogP contribution in [0.1, 0.15) is 49.1 Å². The maximum absolute atomic E-state index is 12.1. The van der Waals surface area contributed by atoms with Crippen LogP contribution in [0.15, 0.2) is 4.52 Å². The first kappa shape index (κ1) is 15.4. The summed E-state index contributed by atoms with van der Waals surface area (Å²) in [5, 5.41) is 6.76. The SMILES string of the molecule is CCc1noc(C(=O)NC2CCN(C3CCOCC3)CC2)n1. The number of rotatable bonds is 4. The average Bonchev–Trinajstić information content (AvgIpc) is 3.06. The van der Waals surface area contributed by atoms with Gasteiger partial charge in [0, 0.05) is 44.8 Å². The zero-order valence-electron chi connectivity index (χ0n) is 13.1. The monoisotopic (exact) mass is 308 g/mol. The van der Waals surface area contributed by atoms with Gasteiger partial charge >= 0.3 is 11.8 Å².